The number of aliphatic hydroxyl groups excluding tert-OH is 2. The molecule has 8 nitrogen and oxygen atoms in total. The highest BCUT2D eigenvalue weighted by Gasteiger charge is 2.46. The number of fused-ring (bicyclic) bond motifs is 4. The van der Waals surface area contributed by atoms with E-state index in [0.29, 0.717) is 30.9 Å². The van der Waals surface area contributed by atoms with Crippen LogP contribution in [0.2, 0.25) is 0 Å². The minimum atomic E-state index is -1.00. The summed E-state index contributed by atoms with van der Waals surface area (Å²) in [6, 6.07) is 3.58. The molecule has 3 aliphatic rings. The lowest BCUT2D eigenvalue weighted by atomic mass is 9.72. The van der Waals surface area contributed by atoms with E-state index in [1.54, 1.807) is 4.90 Å². The number of carbonyl (C=O) groups is 1. The van der Waals surface area contributed by atoms with Gasteiger partial charge in [0.1, 0.15) is 0 Å². The minimum Gasteiger partial charge on any atom is -0.454 e. The maximum Gasteiger partial charge on any atom is 0.280 e. The standard InChI is InChI=1S/C18H23NO7/c1-23-18(24-2)17(22)19-7-9-3-15-16(26-8-25-15)5-10(9)11-4-13(20)14(21)6-12(11)19/h3,5,11-14,18,20-21H,4,6-8H2,1-2H3/t11-,12-,13-,14+/m1/s1. The number of rotatable bonds is 3. The number of nitrogens with zero attached hydrogens (tertiary/aromatic N) is 1. The Bertz CT molecular complexity index is 705. The summed E-state index contributed by atoms with van der Waals surface area (Å²) in [5.74, 6) is 0.928. The Kier molecular flexibility index (Phi) is 4.52. The van der Waals surface area contributed by atoms with Gasteiger partial charge in [0, 0.05) is 32.7 Å². The van der Waals surface area contributed by atoms with Gasteiger partial charge in [0.25, 0.3) is 5.91 Å². The third-order valence-electron chi connectivity index (χ3n) is 5.57. The molecule has 2 heterocycles. The highest BCUT2D eigenvalue weighted by atomic mass is 16.7. The summed E-state index contributed by atoms with van der Waals surface area (Å²) in [5, 5.41) is 20.4. The van der Waals surface area contributed by atoms with Crippen molar-refractivity contribution in [3.05, 3.63) is 23.3 Å². The zero-order chi connectivity index (χ0) is 18.4. The average Bonchev–Trinajstić information content (AvgIpc) is 3.09. The molecule has 0 bridgehead atoms. The van der Waals surface area contributed by atoms with Crippen LogP contribution in [-0.2, 0) is 20.8 Å². The van der Waals surface area contributed by atoms with E-state index in [2.05, 4.69) is 0 Å². The maximum absolute atomic E-state index is 12.9. The van der Waals surface area contributed by atoms with Crippen LogP contribution in [0, 0.1) is 0 Å². The number of aliphatic hydroxyl groups is 2. The minimum absolute atomic E-state index is 0.107. The van der Waals surface area contributed by atoms with E-state index >= 15 is 0 Å². The topological polar surface area (TPSA) is 97.7 Å². The van der Waals surface area contributed by atoms with Gasteiger partial charge in [-0.3, -0.25) is 4.79 Å². The Morgan fingerprint density at radius 3 is 2.50 bits per heavy atom. The molecule has 26 heavy (non-hydrogen) atoms. The molecule has 1 amide bonds. The van der Waals surface area contributed by atoms with Crippen LogP contribution in [0.4, 0.5) is 0 Å². The van der Waals surface area contributed by atoms with Crippen molar-refractivity contribution >= 4 is 5.91 Å². The number of carbonyl (C=O) groups excluding carboxylic acids is 1. The van der Waals surface area contributed by atoms with Crippen molar-refractivity contribution in [3.63, 3.8) is 0 Å². The predicted molar refractivity (Wildman–Crippen MR) is 88.7 cm³/mol. The Morgan fingerprint density at radius 1 is 1.15 bits per heavy atom. The second kappa shape index (κ2) is 6.70. The Hall–Kier alpha value is -1.87. The largest absolute Gasteiger partial charge is 0.454 e. The SMILES string of the molecule is COC(OC)C(=O)N1Cc2cc3c(cc2[C@H]2C[C@@H](O)[C@@H](O)C[C@H]21)OCO3. The van der Waals surface area contributed by atoms with Crippen molar-refractivity contribution in [2.24, 2.45) is 0 Å². The van der Waals surface area contributed by atoms with Gasteiger partial charge in [0.2, 0.25) is 13.1 Å². The van der Waals surface area contributed by atoms with E-state index in [9.17, 15) is 15.0 Å². The molecule has 0 radical (unpaired) electrons. The molecular formula is C18H23NO7. The Balaban J connectivity index is 1.74. The van der Waals surface area contributed by atoms with Crippen molar-refractivity contribution < 1.29 is 34.0 Å². The summed E-state index contributed by atoms with van der Waals surface area (Å²) in [7, 11) is 2.83. The Labute approximate surface area is 151 Å². The van der Waals surface area contributed by atoms with E-state index in [1.165, 1.54) is 14.2 Å². The number of hydrogen-bond acceptors (Lipinski definition) is 7. The molecule has 2 N–H and O–H groups in total. The fraction of sp³-hybridized carbons (Fsp3) is 0.611. The van der Waals surface area contributed by atoms with Crippen LogP contribution in [0.3, 0.4) is 0 Å². The summed E-state index contributed by atoms with van der Waals surface area (Å²) in [5.41, 5.74) is 1.97. The second-order valence-corrected chi connectivity index (χ2v) is 6.95. The van der Waals surface area contributed by atoms with Crippen molar-refractivity contribution in [2.45, 2.75) is 49.8 Å². The highest BCUT2D eigenvalue weighted by molar-refractivity contribution is 5.80. The van der Waals surface area contributed by atoms with Crippen LogP contribution in [0.1, 0.15) is 29.9 Å². The van der Waals surface area contributed by atoms with Gasteiger partial charge in [-0.05, 0) is 36.1 Å². The van der Waals surface area contributed by atoms with Gasteiger partial charge >= 0.3 is 0 Å². The normalized spacial score (nSPS) is 29.5. The van der Waals surface area contributed by atoms with Gasteiger partial charge < -0.3 is 34.1 Å². The van der Waals surface area contributed by atoms with Crippen LogP contribution in [0.25, 0.3) is 0 Å². The lowest BCUT2D eigenvalue weighted by molar-refractivity contribution is -0.177. The van der Waals surface area contributed by atoms with Crippen molar-refractivity contribution in [2.75, 3.05) is 21.0 Å². The highest BCUT2D eigenvalue weighted by Crippen LogP contribution is 2.46. The summed E-state index contributed by atoms with van der Waals surface area (Å²) in [4.78, 5) is 14.6. The lowest BCUT2D eigenvalue weighted by Crippen LogP contribution is -2.56. The van der Waals surface area contributed by atoms with Crippen molar-refractivity contribution in [1.29, 1.82) is 0 Å². The van der Waals surface area contributed by atoms with E-state index in [1.807, 2.05) is 12.1 Å². The summed E-state index contributed by atoms with van der Waals surface area (Å²) in [6.45, 7) is 0.531. The van der Waals surface area contributed by atoms with Crippen LogP contribution in [0.15, 0.2) is 12.1 Å². The quantitative estimate of drug-likeness (QED) is 0.746. The van der Waals surface area contributed by atoms with Crippen LogP contribution < -0.4 is 9.47 Å². The number of ether oxygens (including phenoxy) is 4. The van der Waals surface area contributed by atoms with E-state index in [4.69, 9.17) is 18.9 Å². The molecule has 4 rings (SSSR count). The second-order valence-electron chi connectivity index (χ2n) is 6.95. The van der Waals surface area contributed by atoms with Gasteiger partial charge in [-0.25, -0.2) is 0 Å². The fourth-order valence-electron chi connectivity index (χ4n) is 4.28. The monoisotopic (exact) mass is 365 g/mol. The van der Waals surface area contributed by atoms with Crippen LogP contribution in [-0.4, -0.2) is 66.6 Å². The average molecular weight is 365 g/mol. The molecular weight excluding hydrogens is 342 g/mol. The number of methoxy groups -OCH3 is 2. The first-order valence-electron chi connectivity index (χ1n) is 8.68. The molecule has 1 aromatic rings. The first kappa shape index (κ1) is 17.5. The third kappa shape index (κ3) is 2.73. The molecule has 0 unspecified atom stereocenters. The molecule has 0 saturated heterocycles. The van der Waals surface area contributed by atoms with E-state index in [0.717, 1.165) is 11.1 Å². The van der Waals surface area contributed by atoms with Crippen molar-refractivity contribution in [3.8, 4) is 11.5 Å². The van der Waals surface area contributed by atoms with Gasteiger partial charge in [-0.15, -0.1) is 0 Å². The molecule has 0 aromatic heterocycles. The van der Waals surface area contributed by atoms with Crippen molar-refractivity contribution in [1.82, 2.24) is 4.90 Å². The predicted octanol–water partition coefficient (Wildman–Crippen LogP) is 0.344. The number of benzene rings is 1. The number of amides is 1. The Morgan fingerprint density at radius 2 is 1.81 bits per heavy atom. The summed E-state index contributed by atoms with van der Waals surface area (Å²) < 4.78 is 21.2. The molecule has 0 spiro atoms. The number of hydrogen-bond donors (Lipinski definition) is 2. The molecule has 2 aliphatic heterocycles. The van der Waals surface area contributed by atoms with E-state index < -0.39 is 18.5 Å². The molecule has 1 aliphatic carbocycles. The zero-order valence-electron chi connectivity index (χ0n) is 14.8. The van der Waals surface area contributed by atoms with Crippen LogP contribution >= 0.6 is 0 Å². The smallest absolute Gasteiger partial charge is 0.280 e. The molecule has 1 saturated carbocycles. The molecule has 1 aromatic carbocycles. The third-order valence-corrected chi connectivity index (χ3v) is 5.57. The van der Waals surface area contributed by atoms with E-state index in [-0.39, 0.29) is 24.7 Å². The lowest BCUT2D eigenvalue weighted by Gasteiger charge is -2.48. The summed E-state index contributed by atoms with van der Waals surface area (Å²) in [6.07, 6.45) is -2.04. The zero-order valence-corrected chi connectivity index (χ0v) is 14.8. The molecule has 4 atom stereocenters. The van der Waals surface area contributed by atoms with Crippen LogP contribution in [0.5, 0.6) is 11.5 Å². The molecule has 142 valence electrons. The fourth-order valence-corrected chi connectivity index (χ4v) is 4.28. The first-order chi connectivity index (χ1) is 12.5. The maximum atomic E-state index is 12.9. The van der Waals surface area contributed by atoms with Gasteiger partial charge in [0.15, 0.2) is 11.5 Å². The molecule has 8 heteroatoms. The molecule has 1 fully saturated rings. The first-order valence-corrected chi connectivity index (χ1v) is 8.68. The van der Waals surface area contributed by atoms with Gasteiger partial charge in [-0.1, -0.05) is 0 Å². The van der Waals surface area contributed by atoms with Gasteiger partial charge in [0.05, 0.1) is 12.2 Å². The van der Waals surface area contributed by atoms with Gasteiger partial charge in [-0.2, -0.15) is 0 Å². The summed E-state index contributed by atoms with van der Waals surface area (Å²) >= 11 is 0.